The first kappa shape index (κ1) is 17.7. The zero-order valence-electron chi connectivity index (χ0n) is 14.0. The first-order valence-electron chi connectivity index (χ1n) is 8.27. The number of para-hydroxylation sites is 1. The zero-order valence-corrected chi connectivity index (χ0v) is 14.8. The van der Waals surface area contributed by atoms with Gasteiger partial charge in [0.05, 0.1) is 6.54 Å². The summed E-state index contributed by atoms with van der Waals surface area (Å²) in [4.78, 5) is 16.6. The lowest BCUT2D eigenvalue weighted by Gasteiger charge is -2.35. The van der Waals surface area contributed by atoms with Crippen LogP contribution < -0.4 is 10.6 Å². The zero-order chi connectivity index (χ0) is 16.7. The van der Waals surface area contributed by atoms with E-state index < -0.39 is 0 Å². The van der Waals surface area contributed by atoms with E-state index in [4.69, 9.17) is 12.2 Å². The van der Waals surface area contributed by atoms with Gasteiger partial charge in [-0.3, -0.25) is 9.69 Å². The molecule has 1 aromatic carbocycles. The highest BCUT2D eigenvalue weighted by molar-refractivity contribution is 7.80. The molecule has 1 aliphatic rings. The summed E-state index contributed by atoms with van der Waals surface area (Å²) in [5.41, 5.74) is 2.09. The summed E-state index contributed by atoms with van der Waals surface area (Å²) in [6.07, 6.45) is 0.914. The van der Waals surface area contributed by atoms with Gasteiger partial charge in [0.25, 0.3) is 0 Å². The largest absolute Gasteiger partial charge is 0.363 e. The van der Waals surface area contributed by atoms with E-state index in [-0.39, 0.29) is 5.91 Å². The van der Waals surface area contributed by atoms with Crippen molar-refractivity contribution < 1.29 is 4.79 Å². The van der Waals surface area contributed by atoms with Crippen LogP contribution in [0.5, 0.6) is 0 Å². The molecule has 0 unspecified atom stereocenters. The Morgan fingerprint density at radius 2 is 1.87 bits per heavy atom. The van der Waals surface area contributed by atoms with Crippen molar-refractivity contribution in [3.63, 3.8) is 0 Å². The van der Waals surface area contributed by atoms with E-state index in [0.29, 0.717) is 6.54 Å². The molecule has 1 heterocycles. The molecule has 1 saturated heterocycles. The van der Waals surface area contributed by atoms with Gasteiger partial charge < -0.3 is 15.5 Å². The number of anilines is 1. The van der Waals surface area contributed by atoms with Crippen LogP contribution in [0.3, 0.4) is 0 Å². The fraction of sp³-hybridized carbons (Fsp3) is 0.529. The van der Waals surface area contributed by atoms with Gasteiger partial charge >= 0.3 is 0 Å². The first-order chi connectivity index (χ1) is 11.1. The van der Waals surface area contributed by atoms with Crippen LogP contribution in [0.15, 0.2) is 24.3 Å². The molecule has 0 spiro atoms. The highest BCUT2D eigenvalue weighted by Crippen LogP contribution is 2.15. The lowest BCUT2D eigenvalue weighted by atomic mass is 10.1. The van der Waals surface area contributed by atoms with Gasteiger partial charge in [-0.05, 0) is 37.2 Å². The van der Waals surface area contributed by atoms with Crippen molar-refractivity contribution in [1.82, 2.24) is 15.1 Å². The van der Waals surface area contributed by atoms with Gasteiger partial charge in [0, 0.05) is 38.4 Å². The Morgan fingerprint density at radius 3 is 2.52 bits per heavy atom. The molecule has 0 bridgehead atoms. The van der Waals surface area contributed by atoms with Crippen molar-refractivity contribution in [3.05, 3.63) is 29.8 Å². The van der Waals surface area contributed by atoms with Crippen LogP contribution in [0.25, 0.3) is 0 Å². The molecule has 2 rings (SSSR count). The van der Waals surface area contributed by atoms with Crippen molar-refractivity contribution in [2.75, 3.05) is 44.6 Å². The topological polar surface area (TPSA) is 47.6 Å². The summed E-state index contributed by atoms with van der Waals surface area (Å²) >= 11 is 5.33. The molecule has 0 atom stereocenters. The number of nitrogens with zero attached hydrogens (tertiary/aromatic N) is 2. The maximum Gasteiger partial charge on any atom is 0.238 e. The molecule has 0 aliphatic carbocycles. The quantitative estimate of drug-likeness (QED) is 0.803. The van der Waals surface area contributed by atoms with E-state index in [9.17, 15) is 4.79 Å². The second-order valence-electron chi connectivity index (χ2n) is 5.66. The van der Waals surface area contributed by atoms with Crippen LogP contribution in [-0.2, 0) is 11.2 Å². The van der Waals surface area contributed by atoms with E-state index in [1.54, 1.807) is 0 Å². The molecule has 5 nitrogen and oxygen atoms in total. The average Bonchev–Trinajstić information content (AvgIpc) is 2.56. The van der Waals surface area contributed by atoms with Gasteiger partial charge in [0.1, 0.15) is 0 Å². The molecule has 0 aromatic heterocycles. The van der Waals surface area contributed by atoms with Gasteiger partial charge in [0.2, 0.25) is 5.91 Å². The number of hydrogen-bond donors (Lipinski definition) is 2. The van der Waals surface area contributed by atoms with Crippen LogP contribution in [0.1, 0.15) is 19.4 Å². The normalized spacial score (nSPS) is 15.3. The van der Waals surface area contributed by atoms with Crippen LogP contribution in [0, 0.1) is 0 Å². The predicted molar refractivity (Wildman–Crippen MR) is 98.7 cm³/mol. The Labute approximate surface area is 144 Å². The number of amides is 1. The third-order valence-corrected chi connectivity index (χ3v) is 4.43. The molecular weight excluding hydrogens is 308 g/mol. The minimum absolute atomic E-state index is 0.0496. The lowest BCUT2D eigenvalue weighted by molar-refractivity contribution is -0.117. The molecule has 1 amide bonds. The van der Waals surface area contributed by atoms with Crippen LogP contribution in [0.2, 0.25) is 0 Å². The highest BCUT2D eigenvalue weighted by Gasteiger charge is 2.20. The Balaban J connectivity index is 1.80. The van der Waals surface area contributed by atoms with E-state index in [0.717, 1.165) is 49.9 Å². The number of nitrogens with one attached hydrogen (secondary N) is 2. The van der Waals surface area contributed by atoms with Crippen LogP contribution in [0.4, 0.5) is 5.69 Å². The number of hydrogen-bond acceptors (Lipinski definition) is 3. The smallest absolute Gasteiger partial charge is 0.238 e. The van der Waals surface area contributed by atoms with Crippen molar-refractivity contribution >= 4 is 28.9 Å². The monoisotopic (exact) mass is 334 g/mol. The Hall–Kier alpha value is -1.66. The summed E-state index contributed by atoms with van der Waals surface area (Å²) in [6, 6.07) is 7.97. The van der Waals surface area contributed by atoms with Gasteiger partial charge in [-0.2, -0.15) is 0 Å². The molecule has 0 saturated carbocycles. The number of benzene rings is 1. The van der Waals surface area contributed by atoms with Crippen molar-refractivity contribution in [2.24, 2.45) is 0 Å². The molecule has 6 heteroatoms. The van der Waals surface area contributed by atoms with Crippen molar-refractivity contribution in [3.8, 4) is 0 Å². The molecule has 1 aromatic rings. The molecule has 1 fully saturated rings. The molecule has 1 aliphatic heterocycles. The number of carbonyl (C=O) groups is 1. The molecule has 126 valence electrons. The van der Waals surface area contributed by atoms with E-state index in [1.165, 1.54) is 5.56 Å². The van der Waals surface area contributed by atoms with Gasteiger partial charge in [-0.25, -0.2) is 0 Å². The van der Waals surface area contributed by atoms with Crippen LogP contribution in [-0.4, -0.2) is 60.1 Å². The van der Waals surface area contributed by atoms with Crippen molar-refractivity contribution in [1.29, 1.82) is 0 Å². The summed E-state index contributed by atoms with van der Waals surface area (Å²) in [5.74, 6) is 0.0496. The first-order valence-corrected chi connectivity index (χ1v) is 8.67. The van der Waals surface area contributed by atoms with Gasteiger partial charge in [-0.15, -0.1) is 0 Å². The average molecular weight is 334 g/mol. The fourth-order valence-electron chi connectivity index (χ4n) is 2.72. The SMILES string of the molecule is CCNC(=S)N1CCN(CC(=O)Nc2ccccc2CC)CC1. The molecule has 23 heavy (non-hydrogen) atoms. The third-order valence-electron chi connectivity index (χ3n) is 4.03. The molecular formula is C17H26N4OS. The minimum atomic E-state index is 0.0496. The maximum absolute atomic E-state index is 12.3. The summed E-state index contributed by atoms with van der Waals surface area (Å²) < 4.78 is 0. The van der Waals surface area contributed by atoms with Gasteiger partial charge in [0.15, 0.2) is 5.11 Å². The summed E-state index contributed by atoms with van der Waals surface area (Å²) in [5, 5.41) is 7.02. The maximum atomic E-state index is 12.3. The number of piperazine rings is 1. The predicted octanol–water partition coefficient (Wildman–Crippen LogP) is 1.70. The van der Waals surface area contributed by atoms with Gasteiger partial charge in [-0.1, -0.05) is 25.1 Å². The Morgan fingerprint density at radius 1 is 1.17 bits per heavy atom. The number of aryl methyl sites for hydroxylation is 1. The number of rotatable bonds is 5. The van der Waals surface area contributed by atoms with Crippen molar-refractivity contribution in [2.45, 2.75) is 20.3 Å². The third kappa shape index (κ3) is 5.18. The summed E-state index contributed by atoms with van der Waals surface area (Å²) in [7, 11) is 0. The van der Waals surface area contributed by atoms with E-state index >= 15 is 0 Å². The fourth-order valence-corrected chi connectivity index (χ4v) is 3.04. The number of carbonyl (C=O) groups excluding carboxylic acids is 1. The Bertz CT molecular complexity index is 541. The van der Waals surface area contributed by atoms with E-state index in [2.05, 4.69) is 33.4 Å². The second kappa shape index (κ2) is 8.84. The minimum Gasteiger partial charge on any atom is -0.363 e. The standard InChI is InChI=1S/C17H26N4OS/c1-3-14-7-5-6-8-15(14)19-16(22)13-20-9-11-21(12-10-20)17(23)18-4-2/h5-8H,3-4,9-13H2,1-2H3,(H,18,23)(H,19,22). The highest BCUT2D eigenvalue weighted by atomic mass is 32.1. The lowest BCUT2D eigenvalue weighted by Crippen LogP contribution is -2.52. The molecule has 0 radical (unpaired) electrons. The number of thiocarbonyl (C=S) groups is 1. The second-order valence-corrected chi connectivity index (χ2v) is 6.04. The van der Waals surface area contributed by atoms with E-state index in [1.807, 2.05) is 25.1 Å². The molecule has 2 N–H and O–H groups in total. The Kier molecular flexibility index (Phi) is 6.80. The van der Waals surface area contributed by atoms with Crippen LogP contribution >= 0.6 is 12.2 Å². The summed E-state index contributed by atoms with van der Waals surface area (Å²) in [6.45, 7) is 8.86.